The normalized spacial score (nSPS) is 17.1. The standard InChI is InChI=1S/C14H16FN3O4/c15-10-6-8(12(19)7-16)3-4-9(10)13(20)18-22-14(21)11-2-1-5-17-11/h3-4,6,11,17H,1-2,5,7,16H2,(H,18,20). The molecule has 1 atom stereocenters. The van der Waals surface area contributed by atoms with Gasteiger partial charge in [0.05, 0.1) is 12.1 Å². The second-order valence-electron chi connectivity index (χ2n) is 4.82. The molecule has 7 nitrogen and oxygen atoms in total. The minimum atomic E-state index is -0.907. The summed E-state index contributed by atoms with van der Waals surface area (Å²) in [6.45, 7) is 0.454. The van der Waals surface area contributed by atoms with Crippen molar-refractivity contribution in [1.82, 2.24) is 10.8 Å². The number of carbonyl (C=O) groups excluding carboxylic acids is 3. The van der Waals surface area contributed by atoms with Crippen LogP contribution in [0, 0.1) is 5.82 Å². The first-order chi connectivity index (χ1) is 10.5. The Bertz CT molecular complexity index is 600. The molecule has 8 heteroatoms. The van der Waals surface area contributed by atoms with Gasteiger partial charge < -0.3 is 15.9 Å². The number of hydrogen-bond donors (Lipinski definition) is 3. The number of nitrogens with one attached hydrogen (secondary N) is 2. The van der Waals surface area contributed by atoms with Gasteiger partial charge in [-0.15, -0.1) is 0 Å². The van der Waals surface area contributed by atoms with E-state index in [2.05, 4.69) is 10.2 Å². The van der Waals surface area contributed by atoms with Crippen molar-refractivity contribution in [2.75, 3.05) is 13.1 Å². The smallest absolute Gasteiger partial charge is 0.339 e. The van der Waals surface area contributed by atoms with E-state index >= 15 is 0 Å². The predicted octanol–water partition coefficient (Wildman–Crippen LogP) is -0.0929. The van der Waals surface area contributed by atoms with Crippen molar-refractivity contribution < 1.29 is 23.6 Å². The second-order valence-corrected chi connectivity index (χ2v) is 4.82. The number of halogens is 1. The summed E-state index contributed by atoms with van der Waals surface area (Å²) >= 11 is 0. The molecule has 22 heavy (non-hydrogen) atoms. The van der Waals surface area contributed by atoms with Gasteiger partial charge in [-0.25, -0.2) is 9.18 Å². The van der Waals surface area contributed by atoms with Crippen LogP contribution in [0.2, 0.25) is 0 Å². The lowest BCUT2D eigenvalue weighted by Crippen LogP contribution is -2.38. The van der Waals surface area contributed by atoms with Gasteiger partial charge in [-0.3, -0.25) is 9.59 Å². The number of Topliss-reactive ketones (excluding diaryl/α,β-unsaturated/α-hetero) is 1. The highest BCUT2D eigenvalue weighted by molar-refractivity contribution is 5.99. The molecule has 1 aliphatic rings. The van der Waals surface area contributed by atoms with Gasteiger partial charge in [-0.2, -0.15) is 5.48 Å². The molecule has 0 radical (unpaired) electrons. The summed E-state index contributed by atoms with van der Waals surface area (Å²) in [6.07, 6.45) is 1.47. The SMILES string of the molecule is NCC(=O)c1ccc(C(=O)NOC(=O)C2CCCN2)c(F)c1. The van der Waals surface area contributed by atoms with E-state index in [9.17, 15) is 18.8 Å². The summed E-state index contributed by atoms with van der Waals surface area (Å²) in [7, 11) is 0. The van der Waals surface area contributed by atoms with Gasteiger partial charge >= 0.3 is 5.97 Å². The summed E-state index contributed by atoms with van der Waals surface area (Å²) < 4.78 is 13.8. The molecule has 1 unspecified atom stereocenters. The van der Waals surface area contributed by atoms with Crippen LogP contribution in [-0.2, 0) is 9.63 Å². The van der Waals surface area contributed by atoms with Crippen LogP contribution in [0.1, 0.15) is 33.6 Å². The maximum Gasteiger partial charge on any atom is 0.348 e. The zero-order valence-corrected chi connectivity index (χ0v) is 11.7. The molecule has 1 aromatic carbocycles. The minimum Gasteiger partial charge on any atom is -0.339 e. The van der Waals surface area contributed by atoms with Crippen LogP contribution in [0.25, 0.3) is 0 Å². The van der Waals surface area contributed by atoms with Crippen molar-refractivity contribution >= 4 is 17.7 Å². The Morgan fingerprint density at radius 1 is 1.41 bits per heavy atom. The molecule has 1 aliphatic heterocycles. The van der Waals surface area contributed by atoms with Crippen molar-refractivity contribution in [2.45, 2.75) is 18.9 Å². The third kappa shape index (κ3) is 3.66. The first-order valence-corrected chi connectivity index (χ1v) is 6.80. The Labute approximate surface area is 126 Å². The highest BCUT2D eigenvalue weighted by atomic mass is 19.1. The zero-order chi connectivity index (χ0) is 16.1. The highest BCUT2D eigenvalue weighted by Gasteiger charge is 2.25. The van der Waals surface area contributed by atoms with Crippen LogP contribution >= 0.6 is 0 Å². The molecule has 1 saturated heterocycles. The number of amides is 1. The van der Waals surface area contributed by atoms with Gasteiger partial charge in [0.25, 0.3) is 5.91 Å². The summed E-state index contributed by atoms with van der Waals surface area (Å²) in [5, 5.41) is 2.91. The molecule has 0 aromatic heterocycles. The Morgan fingerprint density at radius 3 is 2.77 bits per heavy atom. The van der Waals surface area contributed by atoms with Crippen LogP contribution in [0.4, 0.5) is 4.39 Å². The maximum atomic E-state index is 13.8. The molecule has 0 aliphatic carbocycles. The summed E-state index contributed by atoms with van der Waals surface area (Å²) in [5.74, 6) is -2.87. The van der Waals surface area contributed by atoms with Crippen LogP contribution in [0.5, 0.6) is 0 Å². The van der Waals surface area contributed by atoms with E-state index in [4.69, 9.17) is 5.73 Å². The third-order valence-corrected chi connectivity index (χ3v) is 3.31. The van der Waals surface area contributed by atoms with Crippen molar-refractivity contribution in [1.29, 1.82) is 0 Å². The fraction of sp³-hybridized carbons (Fsp3) is 0.357. The van der Waals surface area contributed by atoms with Crippen LogP contribution in [0.3, 0.4) is 0 Å². The average molecular weight is 309 g/mol. The molecule has 1 aromatic rings. The van der Waals surface area contributed by atoms with Crippen molar-refractivity contribution in [3.05, 3.63) is 35.1 Å². The maximum absolute atomic E-state index is 13.8. The minimum absolute atomic E-state index is 0.0729. The molecule has 0 bridgehead atoms. The fourth-order valence-corrected chi connectivity index (χ4v) is 2.10. The largest absolute Gasteiger partial charge is 0.348 e. The Kier molecular flexibility index (Phi) is 5.18. The van der Waals surface area contributed by atoms with E-state index in [-0.39, 0.29) is 17.7 Å². The lowest BCUT2D eigenvalue weighted by atomic mass is 10.1. The molecule has 4 N–H and O–H groups in total. The number of nitrogens with two attached hydrogens (primary N) is 1. The monoisotopic (exact) mass is 309 g/mol. The zero-order valence-electron chi connectivity index (χ0n) is 11.7. The first kappa shape index (κ1) is 16.1. The molecule has 118 valence electrons. The number of rotatable bonds is 4. The molecule has 1 fully saturated rings. The summed E-state index contributed by atoms with van der Waals surface area (Å²) in [5.41, 5.74) is 6.82. The van der Waals surface area contributed by atoms with Crippen molar-refractivity contribution in [3.63, 3.8) is 0 Å². The van der Waals surface area contributed by atoms with Gasteiger partial charge in [0.15, 0.2) is 5.78 Å². The van der Waals surface area contributed by atoms with Gasteiger partial charge in [0.1, 0.15) is 11.9 Å². The van der Waals surface area contributed by atoms with Gasteiger partial charge in [-0.05, 0) is 31.5 Å². The van der Waals surface area contributed by atoms with Crippen LogP contribution in [0.15, 0.2) is 18.2 Å². The molecule has 0 spiro atoms. The first-order valence-electron chi connectivity index (χ1n) is 6.80. The topological polar surface area (TPSA) is 111 Å². The average Bonchev–Trinajstić information content (AvgIpc) is 3.05. The van der Waals surface area contributed by atoms with E-state index in [1.165, 1.54) is 6.07 Å². The van der Waals surface area contributed by atoms with E-state index in [0.717, 1.165) is 18.6 Å². The Balaban J connectivity index is 1.97. The second kappa shape index (κ2) is 7.10. The van der Waals surface area contributed by atoms with Crippen molar-refractivity contribution in [2.24, 2.45) is 5.73 Å². The number of benzene rings is 1. The Hall–Kier alpha value is -2.32. The van der Waals surface area contributed by atoms with E-state index in [0.29, 0.717) is 13.0 Å². The lowest BCUT2D eigenvalue weighted by Gasteiger charge is -2.10. The van der Waals surface area contributed by atoms with Crippen LogP contribution < -0.4 is 16.5 Å². The van der Waals surface area contributed by atoms with Gasteiger partial charge in [0.2, 0.25) is 0 Å². The van der Waals surface area contributed by atoms with Gasteiger partial charge in [0, 0.05) is 5.56 Å². The summed E-state index contributed by atoms with van der Waals surface area (Å²) in [4.78, 5) is 39.4. The molecular formula is C14H16FN3O4. The number of hydroxylamine groups is 1. The molecule has 0 saturated carbocycles. The molecule has 2 rings (SSSR count). The van der Waals surface area contributed by atoms with E-state index in [1.807, 2.05) is 5.48 Å². The quantitative estimate of drug-likeness (QED) is 0.529. The number of ketones is 1. The molecule has 1 amide bonds. The molecule has 1 heterocycles. The third-order valence-electron chi connectivity index (χ3n) is 3.31. The lowest BCUT2D eigenvalue weighted by molar-refractivity contribution is -0.151. The van der Waals surface area contributed by atoms with Crippen LogP contribution in [-0.4, -0.2) is 36.8 Å². The van der Waals surface area contributed by atoms with Gasteiger partial charge in [-0.1, -0.05) is 6.07 Å². The Morgan fingerprint density at radius 2 is 2.18 bits per heavy atom. The van der Waals surface area contributed by atoms with E-state index in [1.54, 1.807) is 0 Å². The molecular weight excluding hydrogens is 293 g/mol. The number of carbonyl (C=O) groups is 3. The highest BCUT2D eigenvalue weighted by Crippen LogP contribution is 2.11. The van der Waals surface area contributed by atoms with Crippen molar-refractivity contribution in [3.8, 4) is 0 Å². The van der Waals surface area contributed by atoms with E-state index < -0.39 is 29.5 Å². The number of hydrogen-bond acceptors (Lipinski definition) is 6. The fourth-order valence-electron chi connectivity index (χ4n) is 2.10. The predicted molar refractivity (Wildman–Crippen MR) is 74.4 cm³/mol. The summed E-state index contributed by atoms with van der Waals surface area (Å²) in [6, 6.07) is 2.88.